The number of carboxylic acid groups (broad SMARTS) is 1. The lowest BCUT2D eigenvalue weighted by Gasteiger charge is -2.18. The van der Waals surface area contributed by atoms with Crippen LogP contribution < -0.4 is 5.32 Å². The average Bonchev–Trinajstić information content (AvgIpc) is 4.06. The standard InChI is InChI=1S/C25H23ClFNO5S.C20H14ClFO5S.C5H11NO/c1-33-20-9-10-28(14-20)25(30)18-12-21(26)24(29)23(13-18)34(31,32)15-19-11-17(7-8-22(19)27)16-5-3-2-4-6-16;21-16-9-14(20(24)25)10-18(19(16)23)28(26,27)11-15-8-13(6-7-17(15)22)12-4-2-1-3-5-12;1-7-5-2-3-6-4-5/h2-8,11-13,20,29H,9-10,14-15H2,1H3;1-10,23H,11H2,(H,24,25);5-6H,2-4H2,1H3/t20-;;5-/m0.0/s1. The number of methoxy groups -OCH3 is 2. The van der Waals surface area contributed by atoms with Crippen molar-refractivity contribution in [3.05, 3.63) is 165 Å². The first-order valence-corrected chi connectivity index (χ1v) is 25.3. The number of hydrogen-bond donors (Lipinski definition) is 4. The van der Waals surface area contributed by atoms with E-state index in [1.54, 1.807) is 44.6 Å². The molecular weight excluding hydrogens is 978 g/mol. The molecule has 4 N–H and O–H groups in total. The van der Waals surface area contributed by atoms with Gasteiger partial charge in [0.15, 0.2) is 31.2 Å². The molecule has 19 heteroatoms. The smallest absolute Gasteiger partial charge is 0.335 e. The van der Waals surface area contributed by atoms with Gasteiger partial charge >= 0.3 is 5.97 Å². The number of sulfone groups is 2. The number of nitrogens with zero attached hydrogens (tertiary/aromatic N) is 1. The van der Waals surface area contributed by atoms with Gasteiger partial charge in [0.05, 0.1) is 39.3 Å². The summed E-state index contributed by atoms with van der Waals surface area (Å²) in [5.41, 5.74) is 2.30. The Kier molecular flexibility index (Phi) is 17.6. The Morgan fingerprint density at radius 1 is 0.652 bits per heavy atom. The van der Waals surface area contributed by atoms with Crippen LogP contribution in [0.2, 0.25) is 10.0 Å². The zero-order valence-electron chi connectivity index (χ0n) is 37.2. The maximum atomic E-state index is 14.6. The summed E-state index contributed by atoms with van der Waals surface area (Å²) >= 11 is 11.8. The van der Waals surface area contributed by atoms with Crippen molar-refractivity contribution in [2.24, 2.45) is 0 Å². The number of hydrogen-bond acceptors (Lipinski definition) is 11. The van der Waals surface area contributed by atoms with Crippen LogP contribution in [0.1, 0.15) is 44.7 Å². The highest BCUT2D eigenvalue weighted by atomic mass is 35.5. The Morgan fingerprint density at radius 3 is 1.52 bits per heavy atom. The first kappa shape index (κ1) is 52.5. The van der Waals surface area contributed by atoms with E-state index in [1.165, 1.54) is 41.7 Å². The third kappa shape index (κ3) is 13.2. The summed E-state index contributed by atoms with van der Waals surface area (Å²) in [6.07, 6.45) is 2.23. The number of phenols is 2. The molecule has 2 heterocycles. The van der Waals surface area contributed by atoms with Gasteiger partial charge in [-0.25, -0.2) is 30.4 Å². The molecule has 69 heavy (non-hydrogen) atoms. The zero-order valence-corrected chi connectivity index (χ0v) is 40.4. The maximum Gasteiger partial charge on any atom is 0.335 e. The number of aromatic hydroxyl groups is 2. The van der Waals surface area contributed by atoms with Crippen molar-refractivity contribution in [3.8, 4) is 33.8 Å². The molecule has 364 valence electrons. The molecule has 6 aromatic rings. The molecule has 0 spiro atoms. The Bertz CT molecular complexity index is 3030. The fourth-order valence-electron chi connectivity index (χ4n) is 7.54. The molecule has 0 saturated carbocycles. The largest absolute Gasteiger partial charge is 0.505 e. The molecule has 2 aliphatic rings. The summed E-state index contributed by atoms with van der Waals surface area (Å²) in [5.74, 6) is -6.18. The highest BCUT2D eigenvalue weighted by molar-refractivity contribution is 7.91. The SMILES string of the molecule is CO[C@H]1CCN(C(=O)c2cc(Cl)c(O)c(S(=O)(=O)Cc3cc(-c4ccccc4)ccc3F)c2)C1.CO[C@H]1CCNC1.O=C(O)c1cc(Cl)c(O)c(S(=O)(=O)Cc2cc(-c3ccccc3)ccc2F)c1. The topological polar surface area (TPSA) is 197 Å². The third-order valence-corrected chi connectivity index (χ3v) is 15.3. The number of amides is 1. The van der Waals surface area contributed by atoms with Gasteiger partial charge in [-0.2, -0.15) is 0 Å². The predicted octanol–water partition coefficient (Wildman–Crippen LogP) is 9.21. The van der Waals surface area contributed by atoms with E-state index in [-0.39, 0.29) is 27.8 Å². The maximum absolute atomic E-state index is 14.6. The Morgan fingerprint density at radius 2 is 1.12 bits per heavy atom. The number of phenolic OH excluding ortho intramolecular Hbond substituents is 2. The number of ether oxygens (including phenoxy) is 2. The second-order valence-electron chi connectivity index (χ2n) is 16.0. The number of halogens is 4. The second-order valence-corrected chi connectivity index (χ2v) is 20.8. The summed E-state index contributed by atoms with van der Waals surface area (Å²) in [6, 6.07) is 30.6. The Balaban J connectivity index is 0.000000201. The third-order valence-electron chi connectivity index (χ3n) is 11.3. The van der Waals surface area contributed by atoms with Crippen LogP contribution in [-0.2, 0) is 40.7 Å². The number of carbonyl (C=O) groups excluding carboxylic acids is 1. The van der Waals surface area contributed by atoms with Gasteiger partial charge in [-0.15, -0.1) is 0 Å². The Hall–Kier alpha value is -5.92. The first-order chi connectivity index (χ1) is 32.8. The highest BCUT2D eigenvalue weighted by Crippen LogP contribution is 2.37. The fourth-order valence-corrected chi connectivity index (χ4v) is 11.1. The van der Waals surface area contributed by atoms with Gasteiger partial charge in [-0.1, -0.05) is 96.0 Å². The molecule has 0 unspecified atom stereocenters. The van der Waals surface area contributed by atoms with Gasteiger partial charge in [-0.3, -0.25) is 4.79 Å². The van der Waals surface area contributed by atoms with E-state index >= 15 is 0 Å². The molecule has 0 radical (unpaired) electrons. The van der Waals surface area contributed by atoms with E-state index < -0.39 is 86.6 Å². The number of nitrogens with one attached hydrogen (secondary N) is 1. The normalized spacial score (nSPS) is 15.7. The van der Waals surface area contributed by atoms with Gasteiger partial charge in [0, 0.05) is 50.5 Å². The van der Waals surface area contributed by atoms with Crippen LogP contribution in [-0.4, -0.2) is 102 Å². The number of carboxylic acids is 1. The predicted molar refractivity (Wildman–Crippen MR) is 258 cm³/mol. The van der Waals surface area contributed by atoms with E-state index in [0.717, 1.165) is 48.5 Å². The molecule has 2 aliphatic heterocycles. The minimum absolute atomic E-state index is 0.0247. The number of carbonyl (C=O) groups is 2. The Labute approximate surface area is 408 Å². The van der Waals surface area contributed by atoms with E-state index in [9.17, 15) is 45.4 Å². The molecule has 8 rings (SSSR count). The molecule has 2 fully saturated rings. The molecule has 2 saturated heterocycles. The first-order valence-electron chi connectivity index (χ1n) is 21.3. The van der Waals surface area contributed by atoms with Crippen molar-refractivity contribution < 1.29 is 60.0 Å². The number of likely N-dealkylation sites (tertiary alicyclic amines) is 1. The van der Waals surface area contributed by atoms with E-state index in [1.807, 2.05) is 36.4 Å². The van der Waals surface area contributed by atoms with Crippen molar-refractivity contribution >= 4 is 54.8 Å². The molecule has 0 bridgehead atoms. The molecule has 0 aliphatic carbocycles. The van der Waals surface area contributed by atoms with Crippen molar-refractivity contribution in [2.45, 2.75) is 46.3 Å². The number of benzene rings is 6. The van der Waals surface area contributed by atoms with E-state index in [4.69, 9.17) is 37.8 Å². The lowest BCUT2D eigenvalue weighted by Crippen LogP contribution is -2.30. The van der Waals surface area contributed by atoms with Gasteiger partial charge in [0.1, 0.15) is 21.4 Å². The summed E-state index contributed by atoms with van der Waals surface area (Å²) in [4.78, 5) is 24.5. The zero-order chi connectivity index (χ0) is 50.0. The van der Waals surface area contributed by atoms with E-state index in [2.05, 4.69) is 5.32 Å². The van der Waals surface area contributed by atoms with Gasteiger partial charge in [0.2, 0.25) is 0 Å². The van der Waals surface area contributed by atoms with Crippen LogP contribution in [0.4, 0.5) is 8.78 Å². The second kappa shape index (κ2) is 23.1. The van der Waals surface area contributed by atoms with Crippen LogP contribution in [0.3, 0.4) is 0 Å². The summed E-state index contributed by atoms with van der Waals surface area (Å²) in [7, 11) is -5.21. The van der Waals surface area contributed by atoms with Crippen LogP contribution in [0.15, 0.2) is 131 Å². The number of rotatable bonds is 12. The summed E-state index contributed by atoms with van der Waals surface area (Å²) in [6.45, 7) is 2.98. The lowest BCUT2D eigenvalue weighted by atomic mass is 10.0. The van der Waals surface area contributed by atoms with Crippen LogP contribution in [0, 0.1) is 11.6 Å². The molecule has 2 atom stereocenters. The van der Waals surface area contributed by atoms with E-state index in [0.29, 0.717) is 36.7 Å². The van der Waals surface area contributed by atoms with Gasteiger partial charge in [0.25, 0.3) is 5.91 Å². The summed E-state index contributed by atoms with van der Waals surface area (Å²) in [5, 5.41) is 32.0. The molecule has 6 aromatic carbocycles. The van der Waals surface area contributed by atoms with Crippen molar-refractivity contribution in [2.75, 3.05) is 40.4 Å². The average molecular weight is 1030 g/mol. The van der Waals surface area contributed by atoms with Crippen molar-refractivity contribution in [3.63, 3.8) is 0 Å². The van der Waals surface area contributed by atoms with Crippen LogP contribution in [0.5, 0.6) is 11.5 Å². The minimum atomic E-state index is -4.28. The fraction of sp³-hybridized carbons (Fsp3) is 0.240. The highest BCUT2D eigenvalue weighted by Gasteiger charge is 2.31. The van der Waals surface area contributed by atoms with Gasteiger partial charge < -0.3 is 35.0 Å². The van der Waals surface area contributed by atoms with Gasteiger partial charge in [-0.05, 0) is 90.2 Å². The van der Waals surface area contributed by atoms with Crippen LogP contribution >= 0.6 is 23.2 Å². The number of aromatic carboxylic acids is 1. The monoisotopic (exact) mass is 1020 g/mol. The van der Waals surface area contributed by atoms with Crippen molar-refractivity contribution in [1.82, 2.24) is 10.2 Å². The molecule has 13 nitrogen and oxygen atoms in total. The molecular formula is C50H48Cl2F2N2O11S2. The summed E-state index contributed by atoms with van der Waals surface area (Å²) < 4.78 is 91.2. The molecule has 0 aromatic heterocycles. The molecule has 1 amide bonds. The lowest BCUT2D eigenvalue weighted by molar-refractivity contribution is 0.0694. The minimum Gasteiger partial charge on any atom is -0.505 e. The quantitative estimate of drug-likeness (QED) is 0.0909. The van der Waals surface area contributed by atoms with Crippen LogP contribution in [0.25, 0.3) is 22.3 Å². The van der Waals surface area contributed by atoms with Crippen molar-refractivity contribution in [1.29, 1.82) is 0 Å².